The number of halogens is 4. The van der Waals surface area contributed by atoms with E-state index in [1.165, 1.54) is 24.3 Å². The van der Waals surface area contributed by atoms with Crippen molar-refractivity contribution in [3.05, 3.63) is 71.6 Å². The Bertz CT molecular complexity index is 1260. The lowest BCUT2D eigenvalue weighted by Crippen LogP contribution is -2.21. The van der Waals surface area contributed by atoms with Gasteiger partial charge >= 0.3 is 6.18 Å². The number of benzene rings is 2. The van der Waals surface area contributed by atoms with E-state index < -0.39 is 29.3 Å². The number of amides is 1. The lowest BCUT2D eigenvalue weighted by molar-refractivity contribution is -0.143. The third-order valence-corrected chi connectivity index (χ3v) is 4.18. The second-order valence-corrected chi connectivity index (χ2v) is 6.46. The van der Waals surface area contributed by atoms with Crippen LogP contribution >= 0.6 is 0 Å². The van der Waals surface area contributed by atoms with E-state index in [9.17, 15) is 22.4 Å². The van der Waals surface area contributed by atoms with Crippen LogP contribution in [0.1, 0.15) is 22.0 Å². The van der Waals surface area contributed by atoms with E-state index in [-0.39, 0.29) is 11.4 Å². The van der Waals surface area contributed by atoms with E-state index in [2.05, 4.69) is 30.8 Å². The molecule has 0 saturated carbocycles. The first-order chi connectivity index (χ1) is 14.7. The SMILES string of the molecule is Cc1nc(-c2cccc(NC(=O)c3nnn(-c4cccc(F)c4)c3C(F)(F)F)c2)n[nH]1. The number of nitrogens with zero attached hydrogens (tertiary/aromatic N) is 5. The van der Waals surface area contributed by atoms with Gasteiger partial charge in [-0.1, -0.05) is 23.4 Å². The van der Waals surface area contributed by atoms with Gasteiger partial charge in [-0.05, 0) is 37.3 Å². The number of carbonyl (C=O) groups is 1. The fourth-order valence-electron chi connectivity index (χ4n) is 2.88. The molecule has 4 rings (SSSR count). The molecule has 0 aliphatic heterocycles. The highest BCUT2D eigenvalue weighted by atomic mass is 19.4. The molecule has 12 heteroatoms. The number of hydrogen-bond donors (Lipinski definition) is 2. The first-order valence-electron chi connectivity index (χ1n) is 8.82. The molecule has 0 atom stereocenters. The summed E-state index contributed by atoms with van der Waals surface area (Å²) < 4.78 is 55.0. The van der Waals surface area contributed by atoms with Crippen LogP contribution in [-0.2, 0) is 6.18 Å². The Kier molecular flexibility index (Phi) is 4.97. The van der Waals surface area contributed by atoms with Crippen molar-refractivity contribution in [1.29, 1.82) is 0 Å². The first-order valence-corrected chi connectivity index (χ1v) is 8.82. The summed E-state index contributed by atoms with van der Waals surface area (Å²) in [7, 11) is 0. The summed E-state index contributed by atoms with van der Waals surface area (Å²) in [5.41, 5.74) is -1.84. The molecule has 2 aromatic heterocycles. The second kappa shape index (κ2) is 7.63. The molecular formula is C19H13F4N7O. The van der Waals surface area contributed by atoms with Crippen molar-refractivity contribution >= 4 is 11.6 Å². The number of carbonyl (C=O) groups excluding carboxylic acids is 1. The van der Waals surface area contributed by atoms with Gasteiger partial charge in [0.2, 0.25) is 0 Å². The number of aryl methyl sites for hydroxylation is 1. The van der Waals surface area contributed by atoms with Crippen molar-refractivity contribution in [1.82, 2.24) is 30.2 Å². The summed E-state index contributed by atoms with van der Waals surface area (Å²) in [5.74, 6) is -0.945. The van der Waals surface area contributed by atoms with E-state index in [0.29, 0.717) is 21.9 Å². The molecule has 8 nitrogen and oxygen atoms in total. The maximum absolute atomic E-state index is 13.7. The molecule has 2 N–H and O–H groups in total. The van der Waals surface area contributed by atoms with E-state index in [4.69, 9.17) is 0 Å². The smallest absolute Gasteiger partial charge is 0.321 e. The molecule has 4 aromatic rings. The normalized spacial score (nSPS) is 11.5. The van der Waals surface area contributed by atoms with Crippen molar-refractivity contribution in [2.24, 2.45) is 0 Å². The largest absolute Gasteiger partial charge is 0.435 e. The van der Waals surface area contributed by atoms with Gasteiger partial charge in [-0.25, -0.2) is 14.1 Å². The second-order valence-electron chi connectivity index (χ2n) is 6.46. The third kappa shape index (κ3) is 4.13. The van der Waals surface area contributed by atoms with E-state index >= 15 is 0 Å². The lowest BCUT2D eigenvalue weighted by Gasteiger charge is -2.11. The molecule has 2 heterocycles. The number of aromatic nitrogens is 6. The summed E-state index contributed by atoms with van der Waals surface area (Å²) in [6, 6.07) is 10.6. The van der Waals surface area contributed by atoms with Gasteiger partial charge in [0.05, 0.1) is 5.69 Å². The van der Waals surface area contributed by atoms with Gasteiger partial charge in [0.1, 0.15) is 11.6 Å². The Hall–Kier alpha value is -4.09. The van der Waals surface area contributed by atoms with Crippen LogP contribution in [0.25, 0.3) is 17.1 Å². The van der Waals surface area contributed by atoms with Crippen LogP contribution in [0, 0.1) is 12.7 Å². The molecule has 0 radical (unpaired) electrons. The summed E-state index contributed by atoms with van der Waals surface area (Å²) in [5, 5.41) is 15.9. The van der Waals surface area contributed by atoms with Gasteiger partial charge in [0.15, 0.2) is 17.2 Å². The number of alkyl halides is 3. The standard InChI is InChI=1S/C19H13F4N7O/c1-10-24-17(28-26-10)11-4-2-6-13(8-11)25-18(31)15-16(19(21,22)23)30(29-27-15)14-7-3-5-12(20)9-14/h2-9H,1H3,(H,25,31)(H,24,26,28). The van der Waals surface area contributed by atoms with Crippen LogP contribution in [0.3, 0.4) is 0 Å². The van der Waals surface area contributed by atoms with E-state index in [1.807, 2.05) is 0 Å². The van der Waals surface area contributed by atoms with Crippen LogP contribution in [-0.4, -0.2) is 36.1 Å². The maximum atomic E-state index is 13.7. The van der Waals surface area contributed by atoms with Crippen molar-refractivity contribution in [3.63, 3.8) is 0 Å². The van der Waals surface area contributed by atoms with E-state index in [1.54, 1.807) is 19.1 Å². The number of nitrogens with one attached hydrogen (secondary N) is 2. The average molecular weight is 431 g/mol. The van der Waals surface area contributed by atoms with Crippen molar-refractivity contribution in [2.75, 3.05) is 5.32 Å². The van der Waals surface area contributed by atoms with Crippen molar-refractivity contribution in [2.45, 2.75) is 13.1 Å². The fourth-order valence-corrected chi connectivity index (χ4v) is 2.88. The molecule has 0 fully saturated rings. The number of anilines is 1. The summed E-state index contributed by atoms with van der Waals surface area (Å²) in [4.78, 5) is 16.8. The molecule has 0 bridgehead atoms. The molecule has 31 heavy (non-hydrogen) atoms. The van der Waals surface area contributed by atoms with Crippen LogP contribution in [0.5, 0.6) is 0 Å². The maximum Gasteiger partial charge on any atom is 0.435 e. The number of hydrogen-bond acceptors (Lipinski definition) is 5. The molecule has 0 saturated heterocycles. The highest BCUT2D eigenvalue weighted by Crippen LogP contribution is 2.33. The molecule has 0 aliphatic rings. The van der Waals surface area contributed by atoms with Gasteiger partial charge < -0.3 is 5.32 Å². The zero-order valence-electron chi connectivity index (χ0n) is 15.8. The number of H-pyrrole nitrogens is 1. The predicted octanol–water partition coefficient (Wildman–Crippen LogP) is 3.77. The average Bonchev–Trinajstić information content (AvgIpc) is 3.35. The van der Waals surface area contributed by atoms with Crippen LogP contribution in [0.2, 0.25) is 0 Å². The Morgan fingerprint density at radius 1 is 1.13 bits per heavy atom. The molecule has 0 spiro atoms. The molecule has 1 amide bonds. The monoisotopic (exact) mass is 431 g/mol. The van der Waals surface area contributed by atoms with Gasteiger partial charge in [-0.15, -0.1) is 5.10 Å². The zero-order chi connectivity index (χ0) is 22.2. The fraction of sp³-hybridized carbons (Fsp3) is 0.105. The minimum Gasteiger partial charge on any atom is -0.321 e. The highest BCUT2D eigenvalue weighted by Gasteiger charge is 2.42. The van der Waals surface area contributed by atoms with Crippen molar-refractivity contribution < 1.29 is 22.4 Å². The van der Waals surface area contributed by atoms with Crippen molar-refractivity contribution in [3.8, 4) is 17.1 Å². The summed E-state index contributed by atoms with van der Waals surface area (Å²) >= 11 is 0. The molecular weight excluding hydrogens is 418 g/mol. The van der Waals surface area contributed by atoms with Gasteiger partial charge in [-0.3, -0.25) is 9.89 Å². The molecule has 0 aliphatic carbocycles. The van der Waals surface area contributed by atoms with Crippen LogP contribution in [0.4, 0.5) is 23.2 Å². The molecule has 158 valence electrons. The predicted molar refractivity (Wildman–Crippen MR) is 101 cm³/mol. The minimum absolute atomic E-state index is 0.207. The zero-order valence-corrected chi connectivity index (χ0v) is 15.8. The lowest BCUT2D eigenvalue weighted by atomic mass is 10.2. The highest BCUT2D eigenvalue weighted by molar-refractivity contribution is 6.04. The first kappa shape index (κ1) is 20.2. The Balaban J connectivity index is 1.68. The summed E-state index contributed by atoms with van der Waals surface area (Å²) in [6.07, 6.45) is -4.97. The Morgan fingerprint density at radius 3 is 2.58 bits per heavy atom. The summed E-state index contributed by atoms with van der Waals surface area (Å²) in [6.45, 7) is 1.71. The molecule has 0 unspecified atom stereocenters. The van der Waals surface area contributed by atoms with Gasteiger partial charge in [0, 0.05) is 11.3 Å². The van der Waals surface area contributed by atoms with Crippen LogP contribution < -0.4 is 5.32 Å². The topological polar surface area (TPSA) is 101 Å². The Morgan fingerprint density at radius 2 is 1.90 bits per heavy atom. The molecule has 2 aromatic carbocycles. The Labute approximate surface area is 171 Å². The van der Waals surface area contributed by atoms with E-state index in [0.717, 1.165) is 12.1 Å². The third-order valence-electron chi connectivity index (χ3n) is 4.18. The quantitative estimate of drug-likeness (QED) is 0.479. The minimum atomic E-state index is -4.97. The van der Waals surface area contributed by atoms with Crippen LogP contribution in [0.15, 0.2) is 48.5 Å². The number of aromatic amines is 1. The van der Waals surface area contributed by atoms with Gasteiger partial charge in [0.25, 0.3) is 5.91 Å². The van der Waals surface area contributed by atoms with Gasteiger partial charge in [-0.2, -0.15) is 18.3 Å². The number of rotatable bonds is 4.